The molecule has 1 aliphatic carbocycles. The van der Waals surface area contributed by atoms with E-state index in [1.807, 2.05) is 0 Å². The average Bonchev–Trinajstić information content (AvgIpc) is 2.18. The molecule has 2 unspecified atom stereocenters. The fourth-order valence-corrected chi connectivity index (χ4v) is 2.63. The molecule has 0 aromatic carbocycles. The summed E-state index contributed by atoms with van der Waals surface area (Å²) < 4.78 is 0. The third kappa shape index (κ3) is 2.34. The predicted octanol–water partition coefficient (Wildman–Crippen LogP) is 0.955. The van der Waals surface area contributed by atoms with Crippen molar-refractivity contribution >= 4 is 5.78 Å². The standard InChI is InChI=1S/C11H19NO2/c13-10-4-1-3-9(7-10)12-6-2-5-11(14)8-12/h9,11,14H,1-8H2. The number of β-amino-alcohol motifs (C(OH)–C–C–N with tert-alkyl or cyclic N) is 1. The van der Waals surface area contributed by atoms with Gasteiger partial charge < -0.3 is 5.11 Å². The van der Waals surface area contributed by atoms with Crippen molar-refractivity contribution in [3.05, 3.63) is 0 Å². The molecule has 80 valence electrons. The van der Waals surface area contributed by atoms with Gasteiger partial charge in [0.25, 0.3) is 0 Å². The van der Waals surface area contributed by atoms with E-state index in [4.69, 9.17) is 0 Å². The molecule has 0 spiro atoms. The van der Waals surface area contributed by atoms with Crippen LogP contribution in [0.3, 0.4) is 0 Å². The lowest BCUT2D eigenvalue weighted by Gasteiger charge is -2.38. The van der Waals surface area contributed by atoms with Gasteiger partial charge >= 0.3 is 0 Å². The first kappa shape index (κ1) is 10.1. The van der Waals surface area contributed by atoms with E-state index in [1.54, 1.807) is 0 Å². The van der Waals surface area contributed by atoms with Gasteiger partial charge in [0, 0.05) is 25.4 Å². The van der Waals surface area contributed by atoms with Crippen molar-refractivity contribution in [3.8, 4) is 0 Å². The Hall–Kier alpha value is -0.410. The van der Waals surface area contributed by atoms with E-state index >= 15 is 0 Å². The molecule has 0 amide bonds. The number of carbonyl (C=O) groups is 1. The summed E-state index contributed by atoms with van der Waals surface area (Å²) in [6, 6.07) is 0.422. The molecule has 0 radical (unpaired) electrons. The third-order valence-corrected chi connectivity index (χ3v) is 3.40. The second-order valence-electron chi connectivity index (χ2n) is 4.58. The maximum absolute atomic E-state index is 11.3. The van der Waals surface area contributed by atoms with E-state index in [0.29, 0.717) is 18.2 Å². The second kappa shape index (κ2) is 4.41. The lowest BCUT2D eigenvalue weighted by Crippen LogP contribution is -2.46. The van der Waals surface area contributed by atoms with Crippen LogP contribution in [0.4, 0.5) is 0 Å². The van der Waals surface area contributed by atoms with E-state index in [-0.39, 0.29) is 6.10 Å². The molecule has 0 aromatic heterocycles. The molecule has 2 fully saturated rings. The first-order valence-corrected chi connectivity index (χ1v) is 5.69. The minimum atomic E-state index is -0.166. The van der Waals surface area contributed by atoms with Crippen molar-refractivity contribution in [2.75, 3.05) is 13.1 Å². The molecule has 2 atom stereocenters. The monoisotopic (exact) mass is 197 g/mol. The molecule has 2 aliphatic rings. The van der Waals surface area contributed by atoms with Crippen LogP contribution in [-0.2, 0) is 4.79 Å². The quantitative estimate of drug-likeness (QED) is 0.680. The lowest BCUT2D eigenvalue weighted by atomic mass is 9.91. The molecule has 2 rings (SSSR count). The number of likely N-dealkylation sites (tertiary alicyclic amines) is 1. The maximum Gasteiger partial charge on any atom is 0.134 e. The molecular formula is C11H19NO2. The van der Waals surface area contributed by atoms with Crippen molar-refractivity contribution in [2.24, 2.45) is 0 Å². The summed E-state index contributed by atoms with van der Waals surface area (Å²) in [7, 11) is 0. The highest BCUT2D eigenvalue weighted by molar-refractivity contribution is 5.79. The number of hydrogen-bond acceptors (Lipinski definition) is 3. The van der Waals surface area contributed by atoms with Crippen molar-refractivity contribution in [1.82, 2.24) is 4.90 Å². The van der Waals surface area contributed by atoms with E-state index in [9.17, 15) is 9.90 Å². The van der Waals surface area contributed by atoms with Crippen molar-refractivity contribution in [3.63, 3.8) is 0 Å². The Bertz CT molecular complexity index is 217. The van der Waals surface area contributed by atoms with Crippen LogP contribution < -0.4 is 0 Å². The van der Waals surface area contributed by atoms with Crippen LogP contribution in [0.5, 0.6) is 0 Å². The molecule has 1 aliphatic heterocycles. The van der Waals surface area contributed by atoms with Crippen LogP contribution >= 0.6 is 0 Å². The van der Waals surface area contributed by atoms with E-state index in [2.05, 4.69) is 4.90 Å². The topological polar surface area (TPSA) is 40.5 Å². The van der Waals surface area contributed by atoms with Crippen molar-refractivity contribution < 1.29 is 9.90 Å². The minimum Gasteiger partial charge on any atom is -0.392 e. The van der Waals surface area contributed by atoms with Gasteiger partial charge in [-0.15, -0.1) is 0 Å². The molecule has 3 nitrogen and oxygen atoms in total. The SMILES string of the molecule is O=C1CCCC(N2CCCC(O)C2)C1. The van der Waals surface area contributed by atoms with Crippen molar-refractivity contribution in [1.29, 1.82) is 0 Å². The second-order valence-corrected chi connectivity index (χ2v) is 4.58. The number of nitrogens with zero attached hydrogens (tertiary/aromatic N) is 1. The van der Waals surface area contributed by atoms with Crippen LogP contribution in [0.15, 0.2) is 0 Å². The smallest absolute Gasteiger partial charge is 0.134 e. The Morgan fingerprint density at radius 3 is 2.86 bits per heavy atom. The first-order valence-electron chi connectivity index (χ1n) is 5.69. The van der Waals surface area contributed by atoms with Gasteiger partial charge in [-0.3, -0.25) is 9.69 Å². The van der Waals surface area contributed by atoms with Crippen LogP contribution in [0.25, 0.3) is 0 Å². The summed E-state index contributed by atoms with van der Waals surface area (Å²) in [6.45, 7) is 1.84. The van der Waals surface area contributed by atoms with E-state index in [1.165, 1.54) is 0 Å². The van der Waals surface area contributed by atoms with Gasteiger partial charge in [0.2, 0.25) is 0 Å². The molecule has 1 heterocycles. The number of ketones is 1. The van der Waals surface area contributed by atoms with E-state index in [0.717, 1.165) is 45.2 Å². The summed E-state index contributed by atoms with van der Waals surface area (Å²) in [6.07, 6.45) is 5.50. The fourth-order valence-electron chi connectivity index (χ4n) is 2.63. The Morgan fingerprint density at radius 1 is 1.29 bits per heavy atom. The summed E-state index contributed by atoms with van der Waals surface area (Å²) in [4.78, 5) is 13.6. The van der Waals surface area contributed by atoms with Crippen LogP contribution in [0, 0.1) is 0 Å². The van der Waals surface area contributed by atoms with Crippen LogP contribution in [-0.4, -0.2) is 41.0 Å². The van der Waals surface area contributed by atoms with E-state index < -0.39 is 0 Å². The molecule has 0 aromatic rings. The Kier molecular flexibility index (Phi) is 3.19. The minimum absolute atomic E-state index is 0.166. The summed E-state index contributed by atoms with van der Waals surface area (Å²) >= 11 is 0. The number of aliphatic hydroxyl groups excluding tert-OH is 1. The number of Topliss-reactive ketones (excluding diaryl/α,β-unsaturated/α-hetero) is 1. The van der Waals surface area contributed by atoms with Gasteiger partial charge in [-0.25, -0.2) is 0 Å². The van der Waals surface area contributed by atoms with Gasteiger partial charge in [0.05, 0.1) is 6.10 Å². The average molecular weight is 197 g/mol. The van der Waals surface area contributed by atoms with Gasteiger partial charge in [-0.1, -0.05) is 0 Å². The lowest BCUT2D eigenvalue weighted by molar-refractivity contribution is -0.122. The zero-order valence-corrected chi connectivity index (χ0v) is 8.61. The predicted molar refractivity (Wildman–Crippen MR) is 54.1 cm³/mol. The zero-order valence-electron chi connectivity index (χ0n) is 8.61. The summed E-state index contributed by atoms with van der Waals surface area (Å²) in [5.41, 5.74) is 0. The molecule has 1 saturated carbocycles. The molecule has 14 heavy (non-hydrogen) atoms. The van der Waals surface area contributed by atoms with Crippen molar-refractivity contribution in [2.45, 2.75) is 50.7 Å². The van der Waals surface area contributed by atoms with Gasteiger partial charge in [-0.2, -0.15) is 0 Å². The Labute approximate surface area is 85.1 Å². The highest BCUT2D eigenvalue weighted by atomic mass is 16.3. The van der Waals surface area contributed by atoms with Gasteiger partial charge in [0.15, 0.2) is 0 Å². The highest BCUT2D eigenvalue weighted by Crippen LogP contribution is 2.23. The molecule has 1 saturated heterocycles. The molecule has 0 bridgehead atoms. The Morgan fingerprint density at radius 2 is 2.14 bits per heavy atom. The first-order chi connectivity index (χ1) is 6.75. The number of aliphatic hydroxyl groups is 1. The maximum atomic E-state index is 11.3. The largest absolute Gasteiger partial charge is 0.392 e. The van der Waals surface area contributed by atoms with Crippen LogP contribution in [0.1, 0.15) is 38.5 Å². The zero-order chi connectivity index (χ0) is 9.97. The summed E-state index contributed by atoms with van der Waals surface area (Å²) in [5, 5.41) is 9.55. The molecular weight excluding hydrogens is 178 g/mol. The third-order valence-electron chi connectivity index (χ3n) is 3.40. The molecule has 1 N–H and O–H groups in total. The number of rotatable bonds is 1. The number of piperidine rings is 1. The fraction of sp³-hybridized carbons (Fsp3) is 0.909. The van der Waals surface area contributed by atoms with Gasteiger partial charge in [0.1, 0.15) is 5.78 Å². The normalized spacial score (nSPS) is 35.9. The Balaban J connectivity index is 1.89. The highest BCUT2D eigenvalue weighted by Gasteiger charge is 2.28. The number of carbonyl (C=O) groups excluding carboxylic acids is 1. The van der Waals surface area contributed by atoms with Crippen LogP contribution in [0.2, 0.25) is 0 Å². The summed E-state index contributed by atoms with van der Waals surface area (Å²) in [5.74, 6) is 0.404. The van der Waals surface area contributed by atoms with Gasteiger partial charge in [-0.05, 0) is 32.2 Å². The number of hydrogen-bond donors (Lipinski definition) is 1. The molecule has 3 heteroatoms.